The molecular formula is C53H32N4O. The molecule has 0 aliphatic rings. The molecule has 5 heteroatoms. The van der Waals surface area contributed by atoms with Gasteiger partial charge in [0.2, 0.25) is 0 Å². The lowest BCUT2D eigenvalue weighted by Crippen LogP contribution is -2.03. The van der Waals surface area contributed by atoms with E-state index in [-0.39, 0.29) is 63.8 Å². The smallest absolute Gasteiger partial charge is 0.164 e. The third kappa shape index (κ3) is 5.00. The van der Waals surface area contributed by atoms with Crippen molar-refractivity contribution in [3.8, 4) is 51.0 Å². The molecule has 0 spiro atoms. The van der Waals surface area contributed by atoms with E-state index in [2.05, 4.69) is 53.1 Å². The van der Waals surface area contributed by atoms with Crippen LogP contribution < -0.4 is 0 Å². The molecular weight excluding hydrogens is 709 g/mol. The molecule has 0 fully saturated rings. The fraction of sp³-hybridized carbons (Fsp3) is 0. The predicted octanol–water partition coefficient (Wildman–Crippen LogP) is 13.8. The van der Waals surface area contributed by atoms with Gasteiger partial charge in [-0.15, -0.1) is 0 Å². The first-order valence-electron chi connectivity index (χ1n) is 22.0. The average Bonchev–Trinajstić information content (AvgIpc) is 3.90. The van der Waals surface area contributed by atoms with E-state index in [4.69, 9.17) is 26.2 Å². The van der Waals surface area contributed by atoms with Crippen molar-refractivity contribution >= 4 is 65.3 Å². The molecule has 0 amide bonds. The summed E-state index contributed by atoms with van der Waals surface area (Å²) in [5.41, 5.74) is 5.63. The summed E-state index contributed by atoms with van der Waals surface area (Å²) in [6.45, 7) is 0. The Morgan fingerprint density at radius 3 is 1.66 bits per heavy atom. The van der Waals surface area contributed by atoms with Gasteiger partial charge in [-0.05, 0) is 45.8 Å². The van der Waals surface area contributed by atoms with E-state index < -0.39 is 0 Å². The van der Waals surface area contributed by atoms with Crippen LogP contribution in [0.3, 0.4) is 0 Å². The standard InChI is InChI=1S/C53H32N4O/c1-3-18-36-33(14-1)16-11-25-44(36)52-54-51(55-53(56-52)45-26-12-17-34-15-2-4-19-37(34)45)35-30-31-40(42-23-13-24-43-41-22-7-10-29-49(41)58-50(42)43)48(32-35)57-46-27-8-5-20-38(46)39-21-6-9-28-47(39)57/h1-32H/i7D,13D,22D,23D,24D,29D. The number of rotatable bonds is 5. The van der Waals surface area contributed by atoms with Gasteiger partial charge in [0.15, 0.2) is 17.5 Å². The van der Waals surface area contributed by atoms with Crippen molar-refractivity contribution in [3.05, 3.63) is 194 Å². The van der Waals surface area contributed by atoms with Gasteiger partial charge in [0.1, 0.15) is 11.2 Å². The topological polar surface area (TPSA) is 56.7 Å². The van der Waals surface area contributed by atoms with Crippen molar-refractivity contribution in [3.63, 3.8) is 0 Å². The van der Waals surface area contributed by atoms with E-state index >= 15 is 0 Å². The van der Waals surface area contributed by atoms with Crippen molar-refractivity contribution in [2.75, 3.05) is 0 Å². The summed E-state index contributed by atoms with van der Waals surface area (Å²) >= 11 is 0. The van der Waals surface area contributed by atoms with Crippen LogP contribution >= 0.6 is 0 Å². The normalized spacial score (nSPS) is 13.2. The number of fused-ring (bicyclic) bond motifs is 8. The molecule has 3 heterocycles. The quantitative estimate of drug-likeness (QED) is 0.176. The number of para-hydroxylation sites is 4. The summed E-state index contributed by atoms with van der Waals surface area (Å²) in [6, 6.07) is 50.3. The van der Waals surface area contributed by atoms with Crippen LogP contribution in [0.15, 0.2) is 198 Å². The Labute approximate surface area is 341 Å². The lowest BCUT2D eigenvalue weighted by molar-refractivity contribution is 0.670. The SMILES string of the molecule is [2H]c1cc([2H])c2oc3c(-c4ccc(-c5nc(-c6cccc7ccccc67)nc(-c6cccc7ccccc67)n5)cc4-n4c5ccccc5c5ccccc54)c([2H])c([2H])c([2H])c3c2c1[2H]. The van der Waals surface area contributed by atoms with Crippen molar-refractivity contribution in [1.29, 1.82) is 0 Å². The van der Waals surface area contributed by atoms with Gasteiger partial charge < -0.3 is 8.98 Å². The van der Waals surface area contributed by atoms with E-state index in [0.717, 1.165) is 54.5 Å². The second kappa shape index (κ2) is 12.8. The van der Waals surface area contributed by atoms with E-state index in [9.17, 15) is 1.37 Å². The highest BCUT2D eigenvalue weighted by molar-refractivity contribution is 6.12. The summed E-state index contributed by atoms with van der Waals surface area (Å²) in [7, 11) is 0. The zero-order valence-corrected chi connectivity index (χ0v) is 30.7. The van der Waals surface area contributed by atoms with Gasteiger partial charge in [-0.25, -0.2) is 15.0 Å². The minimum atomic E-state index is -0.360. The van der Waals surface area contributed by atoms with Crippen LogP contribution in [-0.4, -0.2) is 19.5 Å². The first-order valence-corrected chi connectivity index (χ1v) is 19.0. The first-order chi connectivity index (χ1) is 31.2. The van der Waals surface area contributed by atoms with Crippen molar-refractivity contribution < 1.29 is 12.6 Å². The average molecular weight is 747 g/mol. The summed E-state index contributed by atoms with van der Waals surface area (Å²) in [5, 5.41) is 6.34. The maximum absolute atomic E-state index is 9.48. The van der Waals surface area contributed by atoms with Crippen LogP contribution in [0.2, 0.25) is 0 Å². The zero-order chi connectivity index (χ0) is 43.4. The monoisotopic (exact) mass is 746 g/mol. The van der Waals surface area contributed by atoms with Gasteiger partial charge in [-0.3, -0.25) is 0 Å². The van der Waals surface area contributed by atoms with Crippen LogP contribution in [0, 0.1) is 0 Å². The Morgan fingerprint density at radius 1 is 0.414 bits per heavy atom. The molecule has 12 aromatic rings. The molecule has 58 heavy (non-hydrogen) atoms. The fourth-order valence-electron chi connectivity index (χ4n) is 8.40. The highest BCUT2D eigenvalue weighted by Gasteiger charge is 2.22. The number of hydrogen-bond acceptors (Lipinski definition) is 4. The molecule has 9 aromatic carbocycles. The van der Waals surface area contributed by atoms with E-state index in [0.29, 0.717) is 34.3 Å². The lowest BCUT2D eigenvalue weighted by atomic mass is 9.98. The van der Waals surface area contributed by atoms with Crippen LogP contribution in [0.5, 0.6) is 0 Å². The molecule has 5 nitrogen and oxygen atoms in total. The van der Waals surface area contributed by atoms with Crippen molar-refractivity contribution in [2.24, 2.45) is 0 Å². The Morgan fingerprint density at radius 2 is 0.983 bits per heavy atom. The predicted molar refractivity (Wildman–Crippen MR) is 238 cm³/mol. The van der Waals surface area contributed by atoms with Crippen LogP contribution in [0.4, 0.5) is 0 Å². The number of benzene rings is 9. The molecule has 0 aliphatic carbocycles. The van der Waals surface area contributed by atoms with Gasteiger partial charge in [0, 0.05) is 49.4 Å². The summed E-state index contributed by atoms with van der Waals surface area (Å²) in [5.74, 6) is 1.42. The van der Waals surface area contributed by atoms with E-state index in [1.807, 2.05) is 103 Å². The minimum Gasteiger partial charge on any atom is -0.455 e. The Kier molecular flexibility index (Phi) is 5.94. The molecule has 3 aromatic heterocycles. The Hall–Kier alpha value is -7.89. The van der Waals surface area contributed by atoms with Crippen LogP contribution in [0.1, 0.15) is 8.22 Å². The van der Waals surface area contributed by atoms with Crippen LogP contribution in [0.25, 0.3) is 116 Å². The van der Waals surface area contributed by atoms with Gasteiger partial charge in [0.05, 0.1) is 24.9 Å². The second-order valence-corrected chi connectivity index (χ2v) is 14.3. The lowest BCUT2D eigenvalue weighted by Gasteiger charge is -2.17. The fourth-order valence-corrected chi connectivity index (χ4v) is 8.40. The Bertz CT molecular complexity index is 3790. The van der Waals surface area contributed by atoms with Gasteiger partial charge in [0.25, 0.3) is 0 Å². The maximum atomic E-state index is 9.48. The largest absolute Gasteiger partial charge is 0.455 e. The number of nitrogens with zero attached hydrogens (tertiary/aromatic N) is 4. The number of furan rings is 1. The van der Waals surface area contributed by atoms with Gasteiger partial charge in [-0.1, -0.05) is 170 Å². The molecule has 0 N–H and O–H groups in total. The van der Waals surface area contributed by atoms with Crippen molar-refractivity contribution in [1.82, 2.24) is 19.5 Å². The Balaban J connectivity index is 1.20. The molecule has 0 saturated heterocycles. The molecule has 0 bridgehead atoms. The molecule has 12 rings (SSSR count). The zero-order valence-electron chi connectivity index (χ0n) is 36.7. The molecule has 0 aliphatic heterocycles. The highest BCUT2D eigenvalue weighted by Crippen LogP contribution is 2.42. The molecule has 270 valence electrons. The third-order valence-electron chi connectivity index (χ3n) is 11.0. The second-order valence-electron chi connectivity index (χ2n) is 14.3. The maximum Gasteiger partial charge on any atom is 0.164 e. The van der Waals surface area contributed by atoms with Crippen molar-refractivity contribution in [2.45, 2.75) is 0 Å². The van der Waals surface area contributed by atoms with E-state index in [1.54, 1.807) is 0 Å². The summed E-state index contributed by atoms with van der Waals surface area (Å²) < 4.78 is 62.2. The highest BCUT2D eigenvalue weighted by atomic mass is 16.3. The molecule has 0 radical (unpaired) electrons. The molecule has 0 saturated carbocycles. The third-order valence-corrected chi connectivity index (χ3v) is 11.0. The number of hydrogen-bond donors (Lipinski definition) is 0. The summed E-state index contributed by atoms with van der Waals surface area (Å²) in [6.07, 6.45) is 0. The van der Waals surface area contributed by atoms with Crippen LogP contribution in [-0.2, 0) is 0 Å². The van der Waals surface area contributed by atoms with E-state index in [1.165, 1.54) is 6.07 Å². The van der Waals surface area contributed by atoms with Gasteiger partial charge >= 0.3 is 0 Å². The molecule has 0 unspecified atom stereocenters. The van der Waals surface area contributed by atoms with Gasteiger partial charge in [-0.2, -0.15) is 0 Å². The molecule has 0 atom stereocenters. The minimum absolute atomic E-state index is 0.0258. The summed E-state index contributed by atoms with van der Waals surface area (Å²) in [4.78, 5) is 15.6. The number of aromatic nitrogens is 4. The first kappa shape index (κ1) is 26.8.